The van der Waals surface area contributed by atoms with Crippen molar-refractivity contribution in [2.75, 3.05) is 5.75 Å². The van der Waals surface area contributed by atoms with Gasteiger partial charge in [-0.3, -0.25) is 9.59 Å². The first-order valence-electron chi connectivity index (χ1n) is 9.17. The minimum atomic E-state index is -0.938. The highest BCUT2D eigenvalue weighted by Crippen LogP contribution is 2.41. The Labute approximate surface area is 170 Å². The van der Waals surface area contributed by atoms with Crippen LogP contribution in [0.3, 0.4) is 0 Å². The highest BCUT2D eigenvalue weighted by molar-refractivity contribution is 8.03. The van der Waals surface area contributed by atoms with Crippen LogP contribution in [0.1, 0.15) is 45.2 Å². The summed E-state index contributed by atoms with van der Waals surface area (Å²) in [7, 11) is 0. The largest absolute Gasteiger partial charge is 0.349 e. The highest BCUT2D eigenvalue weighted by Gasteiger charge is 2.44. The molecule has 1 aliphatic rings. The molecule has 1 aromatic carbocycles. The number of carbonyl (C=O) groups is 2. The summed E-state index contributed by atoms with van der Waals surface area (Å²) >= 11 is 1.12. The molecule has 0 saturated carbocycles. The molecular formula is C21H24N4O2S. The number of thioether (sulfide) groups is 1. The van der Waals surface area contributed by atoms with Gasteiger partial charge in [-0.1, -0.05) is 69.3 Å². The van der Waals surface area contributed by atoms with Gasteiger partial charge < -0.3 is 10.6 Å². The van der Waals surface area contributed by atoms with E-state index in [9.17, 15) is 20.1 Å². The van der Waals surface area contributed by atoms with E-state index in [1.165, 1.54) is 0 Å². The van der Waals surface area contributed by atoms with Crippen LogP contribution in [0.25, 0.3) is 0 Å². The van der Waals surface area contributed by atoms with Crippen LogP contribution in [0.15, 0.2) is 40.9 Å². The van der Waals surface area contributed by atoms with Crippen molar-refractivity contribution in [1.29, 1.82) is 10.5 Å². The van der Waals surface area contributed by atoms with Gasteiger partial charge in [0, 0.05) is 5.41 Å². The fourth-order valence-corrected chi connectivity index (χ4v) is 4.19. The van der Waals surface area contributed by atoms with E-state index in [-0.39, 0.29) is 17.7 Å². The Bertz CT molecular complexity index is 849. The van der Waals surface area contributed by atoms with Crippen LogP contribution in [0, 0.1) is 34.0 Å². The number of rotatable bonds is 7. The molecule has 2 rings (SSSR count). The van der Waals surface area contributed by atoms with E-state index in [0.717, 1.165) is 30.2 Å². The van der Waals surface area contributed by atoms with E-state index < -0.39 is 17.2 Å². The molecule has 0 aromatic heterocycles. The number of hydrogen-bond donors (Lipinski definition) is 2. The predicted molar refractivity (Wildman–Crippen MR) is 108 cm³/mol. The second-order valence-corrected chi connectivity index (χ2v) is 8.18. The van der Waals surface area contributed by atoms with Crippen LogP contribution in [0.4, 0.5) is 0 Å². The molecule has 2 atom stereocenters. The molecule has 2 amide bonds. The Hall–Kier alpha value is -2.77. The van der Waals surface area contributed by atoms with Gasteiger partial charge in [0.15, 0.2) is 0 Å². The lowest BCUT2D eigenvalue weighted by Gasteiger charge is -2.34. The van der Waals surface area contributed by atoms with Gasteiger partial charge in [0.25, 0.3) is 0 Å². The molecular weight excluding hydrogens is 372 g/mol. The second-order valence-electron chi connectivity index (χ2n) is 7.20. The van der Waals surface area contributed by atoms with E-state index in [1.54, 1.807) is 13.8 Å². The molecule has 0 unspecified atom stereocenters. The molecule has 1 heterocycles. The summed E-state index contributed by atoms with van der Waals surface area (Å²) in [6, 6.07) is 13.8. The Balaban J connectivity index is 2.10. The number of nitriles is 2. The molecule has 0 fully saturated rings. The van der Waals surface area contributed by atoms with Gasteiger partial charge >= 0.3 is 0 Å². The third kappa shape index (κ3) is 4.74. The Morgan fingerprint density at radius 2 is 2.00 bits per heavy atom. The van der Waals surface area contributed by atoms with Crippen LogP contribution in [-0.4, -0.2) is 17.6 Å². The minimum absolute atomic E-state index is 0.0706. The fourth-order valence-electron chi connectivity index (χ4n) is 3.20. The second kappa shape index (κ2) is 9.43. The van der Waals surface area contributed by atoms with Gasteiger partial charge in [-0.25, -0.2) is 0 Å². The third-order valence-corrected chi connectivity index (χ3v) is 5.80. The normalized spacial score (nSPS) is 19.2. The molecule has 0 aliphatic carbocycles. The van der Waals surface area contributed by atoms with Crippen molar-refractivity contribution in [1.82, 2.24) is 10.6 Å². The van der Waals surface area contributed by atoms with Crippen molar-refractivity contribution >= 4 is 23.6 Å². The van der Waals surface area contributed by atoms with Crippen molar-refractivity contribution in [2.24, 2.45) is 11.3 Å². The number of nitrogens with zero attached hydrogens (tertiary/aromatic N) is 2. The summed E-state index contributed by atoms with van der Waals surface area (Å²) in [5.41, 5.74) is 0.465. The summed E-state index contributed by atoms with van der Waals surface area (Å²) < 4.78 is 0. The number of carbonyl (C=O) groups excluding carboxylic acids is 2. The van der Waals surface area contributed by atoms with E-state index in [0.29, 0.717) is 10.6 Å². The zero-order valence-corrected chi connectivity index (χ0v) is 17.1. The Morgan fingerprint density at radius 1 is 1.32 bits per heavy atom. The zero-order valence-electron chi connectivity index (χ0n) is 16.3. The van der Waals surface area contributed by atoms with Gasteiger partial charge in [-0.2, -0.15) is 10.5 Å². The molecule has 28 heavy (non-hydrogen) atoms. The number of benzene rings is 1. The number of hydrogen-bond acceptors (Lipinski definition) is 5. The maximum absolute atomic E-state index is 12.5. The molecule has 6 nitrogen and oxygen atoms in total. The van der Waals surface area contributed by atoms with Gasteiger partial charge in [-0.15, -0.1) is 0 Å². The first-order valence-corrected chi connectivity index (χ1v) is 10.2. The van der Waals surface area contributed by atoms with Gasteiger partial charge in [0.05, 0.1) is 34.5 Å². The Morgan fingerprint density at radius 3 is 2.57 bits per heavy atom. The van der Waals surface area contributed by atoms with Crippen LogP contribution >= 0.6 is 11.8 Å². The SMILES string of the molecule is CCC[C@H](NC(=O)CSC1=C(C#N)C(C)(C)[C@@H](C#N)C(=O)N1)c1ccccc1. The number of nitrogens with one attached hydrogen (secondary N) is 2. The molecule has 0 spiro atoms. The van der Waals surface area contributed by atoms with Crippen LogP contribution in [0.5, 0.6) is 0 Å². The first-order chi connectivity index (χ1) is 13.3. The minimum Gasteiger partial charge on any atom is -0.349 e. The fraction of sp³-hybridized carbons (Fsp3) is 0.429. The lowest BCUT2D eigenvalue weighted by molar-refractivity contribution is -0.125. The lowest BCUT2D eigenvalue weighted by Crippen LogP contribution is -2.44. The smallest absolute Gasteiger partial charge is 0.243 e. The standard InChI is InChI=1S/C21H24N4O2S/c1-4-8-17(14-9-6-5-7-10-14)24-18(26)13-28-20-16(12-23)21(2,3)15(11-22)19(27)25-20/h5-7,9-10,15,17H,4,8,13H2,1-3H3,(H,24,26)(H,25,27)/t15-,17-/m0/s1. The molecule has 0 radical (unpaired) electrons. The van der Waals surface area contributed by atoms with Crippen LogP contribution < -0.4 is 10.6 Å². The maximum Gasteiger partial charge on any atom is 0.243 e. The highest BCUT2D eigenvalue weighted by atomic mass is 32.2. The summed E-state index contributed by atoms with van der Waals surface area (Å²) in [6.07, 6.45) is 1.75. The average Bonchev–Trinajstić information content (AvgIpc) is 2.66. The van der Waals surface area contributed by atoms with Crippen LogP contribution in [0.2, 0.25) is 0 Å². The molecule has 7 heteroatoms. The molecule has 0 bridgehead atoms. The quantitative estimate of drug-likeness (QED) is 0.735. The maximum atomic E-state index is 12.5. The van der Waals surface area contributed by atoms with Gasteiger partial charge in [0.1, 0.15) is 5.92 Å². The predicted octanol–water partition coefficient (Wildman–Crippen LogP) is 3.41. The number of amides is 2. The van der Waals surface area contributed by atoms with E-state index >= 15 is 0 Å². The van der Waals surface area contributed by atoms with Crippen molar-refractivity contribution in [3.8, 4) is 12.1 Å². The molecule has 1 aromatic rings. The first kappa shape index (κ1) is 21.5. The molecule has 146 valence electrons. The van der Waals surface area contributed by atoms with E-state index in [1.807, 2.05) is 36.4 Å². The van der Waals surface area contributed by atoms with Crippen molar-refractivity contribution in [2.45, 2.75) is 39.7 Å². The molecule has 0 saturated heterocycles. The van der Waals surface area contributed by atoms with Crippen molar-refractivity contribution in [3.05, 3.63) is 46.5 Å². The monoisotopic (exact) mass is 396 g/mol. The molecule has 1 aliphatic heterocycles. The molecule has 2 N–H and O–H groups in total. The summed E-state index contributed by atoms with van der Waals surface area (Å²) in [5, 5.41) is 24.8. The van der Waals surface area contributed by atoms with Crippen molar-refractivity contribution < 1.29 is 9.59 Å². The van der Waals surface area contributed by atoms with Crippen molar-refractivity contribution in [3.63, 3.8) is 0 Å². The summed E-state index contributed by atoms with van der Waals surface area (Å²) in [5.74, 6) is -1.48. The number of allylic oxidation sites excluding steroid dienone is 1. The van der Waals surface area contributed by atoms with Gasteiger partial charge in [0.2, 0.25) is 11.8 Å². The summed E-state index contributed by atoms with van der Waals surface area (Å²) in [4.78, 5) is 24.7. The van der Waals surface area contributed by atoms with Crippen LogP contribution in [-0.2, 0) is 9.59 Å². The lowest BCUT2D eigenvalue weighted by atomic mass is 9.72. The summed E-state index contributed by atoms with van der Waals surface area (Å²) in [6.45, 7) is 5.46. The average molecular weight is 397 g/mol. The zero-order chi connectivity index (χ0) is 20.7. The Kier molecular flexibility index (Phi) is 7.25. The van der Waals surface area contributed by atoms with E-state index in [4.69, 9.17) is 0 Å². The topological polar surface area (TPSA) is 106 Å². The van der Waals surface area contributed by atoms with E-state index in [2.05, 4.69) is 23.6 Å². The van der Waals surface area contributed by atoms with Gasteiger partial charge in [-0.05, 0) is 12.0 Å². The third-order valence-electron chi connectivity index (χ3n) is 4.80.